The first kappa shape index (κ1) is 14.9. The Hall–Kier alpha value is -1.09. The zero-order valence-electron chi connectivity index (χ0n) is 10.4. The number of ether oxygens (including phenoxy) is 1. The molecule has 1 aromatic rings. The zero-order chi connectivity index (χ0) is 12.4. The number of hydrogen-bond acceptors (Lipinski definition) is 2. The summed E-state index contributed by atoms with van der Waals surface area (Å²) in [6, 6.07) is 7.50. The number of rotatable bonds is 4. The molecular weight excluding hydrogens is 205 g/mol. The molecule has 0 fully saturated rings. The Balaban J connectivity index is 0.000000673. The van der Waals surface area contributed by atoms with E-state index in [4.69, 9.17) is 10.5 Å². The van der Waals surface area contributed by atoms with E-state index in [-0.39, 0.29) is 13.2 Å². The molecule has 0 radical (unpaired) electrons. The van der Waals surface area contributed by atoms with E-state index in [0.29, 0.717) is 5.75 Å². The van der Waals surface area contributed by atoms with Crippen molar-refractivity contribution in [2.24, 2.45) is 5.73 Å². The Kier molecular flexibility index (Phi) is 8.53. The van der Waals surface area contributed by atoms with Gasteiger partial charge in [-0.1, -0.05) is 32.4 Å². The van der Waals surface area contributed by atoms with Crippen LogP contribution in [-0.4, -0.2) is 19.3 Å². The first-order valence-corrected chi connectivity index (χ1v) is 5.67. The Morgan fingerprint density at radius 1 is 1.38 bits per heavy atom. The van der Waals surface area contributed by atoms with E-state index in [0.717, 1.165) is 5.56 Å². The second kappa shape index (κ2) is 9.16. The molecule has 1 aromatic carbocycles. The van der Waals surface area contributed by atoms with Crippen molar-refractivity contribution in [2.45, 2.75) is 33.4 Å². The largest absolute Gasteiger partial charge is 0.491 e. The summed E-state index contributed by atoms with van der Waals surface area (Å²) in [5.74, 6) is 0.691. The van der Waals surface area contributed by atoms with E-state index in [1.165, 1.54) is 6.42 Å². The highest BCUT2D eigenvalue weighted by atomic mass is 19.1. The number of aryl methyl sites for hydroxylation is 1. The molecule has 0 aliphatic rings. The predicted molar refractivity (Wildman–Crippen MR) is 66.6 cm³/mol. The van der Waals surface area contributed by atoms with E-state index in [1.807, 2.05) is 25.1 Å². The molecule has 0 aromatic heterocycles. The second-order valence-electron chi connectivity index (χ2n) is 3.67. The van der Waals surface area contributed by atoms with Gasteiger partial charge in [0.25, 0.3) is 0 Å². The summed E-state index contributed by atoms with van der Waals surface area (Å²) >= 11 is 0. The van der Waals surface area contributed by atoms with Crippen LogP contribution in [0.1, 0.15) is 25.8 Å². The molecule has 0 aliphatic carbocycles. The SMILES string of the molecule is CCC.Cc1cccc(OC[C@@H](F)CN)c1. The molecule has 0 heterocycles. The molecule has 0 saturated carbocycles. The van der Waals surface area contributed by atoms with Gasteiger partial charge in [-0.05, 0) is 24.6 Å². The molecule has 2 N–H and O–H groups in total. The first-order chi connectivity index (χ1) is 7.63. The van der Waals surface area contributed by atoms with Gasteiger partial charge in [0.15, 0.2) is 0 Å². The van der Waals surface area contributed by atoms with Crippen molar-refractivity contribution in [3.63, 3.8) is 0 Å². The lowest BCUT2D eigenvalue weighted by atomic mass is 10.2. The lowest BCUT2D eigenvalue weighted by Gasteiger charge is -2.08. The second-order valence-corrected chi connectivity index (χ2v) is 3.67. The molecule has 0 saturated heterocycles. The van der Waals surface area contributed by atoms with Crippen molar-refractivity contribution < 1.29 is 9.13 Å². The monoisotopic (exact) mass is 227 g/mol. The summed E-state index contributed by atoms with van der Waals surface area (Å²) in [6.07, 6.45) is 0.167. The van der Waals surface area contributed by atoms with Gasteiger partial charge in [-0.25, -0.2) is 4.39 Å². The van der Waals surface area contributed by atoms with Crippen LogP contribution in [0, 0.1) is 6.92 Å². The minimum absolute atomic E-state index is 0.00577. The predicted octanol–water partition coefficient (Wildman–Crippen LogP) is 3.09. The Labute approximate surface area is 97.6 Å². The van der Waals surface area contributed by atoms with Crippen LogP contribution in [0.4, 0.5) is 4.39 Å². The van der Waals surface area contributed by atoms with Crippen LogP contribution < -0.4 is 10.5 Å². The van der Waals surface area contributed by atoms with Gasteiger partial charge in [0.2, 0.25) is 0 Å². The summed E-state index contributed by atoms with van der Waals surface area (Å²) in [5, 5.41) is 0. The summed E-state index contributed by atoms with van der Waals surface area (Å²) in [6.45, 7) is 6.24. The van der Waals surface area contributed by atoms with Gasteiger partial charge in [0.05, 0.1) is 0 Å². The van der Waals surface area contributed by atoms with E-state index in [2.05, 4.69) is 13.8 Å². The molecule has 0 unspecified atom stereocenters. The molecule has 0 bridgehead atoms. The minimum Gasteiger partial charge on any atom is -0.491 e. The van der Waals surface area contributed by atoms with E-state index in [9.17, 15) is 4.39 Å². The maximum atomic E-state index is 12.7. The molecule has 92 valence electrons. The van der Waals surface area contributed by atoms with E-state index < -0.39 is 6.17 Å². The molecule has 3 heteroatoms. The zero-order valence-corrected chi connectivity index (χ0v) is 10.4. The molecule has 1 atom stereocenters. The van der Waals surface area contributed by atoms with Crippen LogP contribution in [0.5, 0.6) is 5.75 Å². The highest BCUT2D eigenvalue weighted by Crippen LogP contribution is 2.12. The number of nitrogens with two attached hydrogens (primary N) is 1. The maximum Gasteiger partial charge on any atom is 0.146 e. The number of alkyl halides is 1. The molecular formula is C13H22FNO. The fourth-order valence-corrected chi connectivity index (χ4v) is 0.960. The molecule has 0 aliphatic heterocycles. The van der Waals surface area contributed by atoms with Crippen molar-refractivity contribution in [3.05, 3.63) is 29.8 Å². The highest BCUT2D eigenvalue weighted by Gasteiger charge is 2.03. The molecule has 2 nitrogen and oxygen atoms in total. The van der Waals surface area contributed by atoms with Crippen molar-refractivity contribution >= 4 is 0 Å². The van der Waals surface area contributed by atoms with Crippen molar-refractivity contribution in [3.8, 4) is 5.75 Å². The third kappa shape index (κ3) is 7.23. The number of halogens is 1. The topological polar surface area (TPSA) is 35.2 Å². The van der Waals surface area contributed by atoms with Gasteiger partial charge in [-0.2, -0.15) is 0 Å². The summed E-state index contributed by atoms with van der Waals surface area (Å²) in [5.41, 5.74) is 6.21. The van der Waals surface area contributed by atoms with Gasteiger partial charge in [-0.15, -0.1) is 0 Å². The van der Waals surface area contributed by atoms with Crippen molar-refractivity contribution in [2.75, 3.05) is 13.2 Å². The quantitative estimate of drug-likeness (QED) is 0.858. The van der Waals surface area contributed by atoms with Crippen molar-refractivity contribution in [1.82, 2.24) is 0 Å². The van der Waals surface area contributed by atoms with Crippen LogP contribution in [0.2, 0.25) is 0 Å². The molecule has 0 amide bonds. The Bertz CT molecular complexity index is 278. The van der Waals surface area contributed by atoms with Gasteiger partial charge in [-0.3, -0.25) is 0 Å². The van der Waals surface area contributed by atoms with Crippen molar-refractivity contribution in [1.29, 1.82) is 0 Å². The summed E-state index contributed by atoms with van der Waals surface area (Å²) in [4.78, 5) is 0. The van der Waals surface area contributed by atoms with Crippen LogP contribution in [-0.2, 0) is 0 Å². The van der Waals surface area contributed by atoms with E-state index >= 15 is 0 Å². The molecule has 0 spiro atoms. The molecule has 16 heavy (non-hydrogen) atoms. The van der Waals surface area contributed by atoms with E-state index in [1.54, 1.807) is 6.07 Å². The standard InChI is InChI=1S/C10H14FNO.C3H8/c1-8-3-2-4-10(5-8)13-7-9(11)6-12;1-3-2/h2-5,9H,6-7,12H2,1H3;3H2,1-2H3/t9-;/m0./s1. The summed E-state index contributed by atoms with van der Waals surface area (Å²) < 4.78 is 17.9. The fourth-order valence-electron chi connectivity index (χ4n) is 0.960. The number of benzene rings is 1. The minimum atomic E-state index is -1.08. The highest BCUT2D eigenvalue weighted by molar-refractivity contribution is 5.27. The average molecular weight is 227 g/mol. The number of hydrogen-bond donors (Lipinski definition) is 1. The van der Waals surface area contributed by atoms with Gasteiger partial charge < -0.3 is 10.5 Å². The van der Waals surface area contributed by atoms with Crippen LogP contribution in [0.25, 0.3) is 0 Å². The van der Waals surface area contributed by atoms with Gasteiger partial charge >= 0.3 is 0 Å². The Morgan fingerprint density at radius 2 is 2.00 bits per heavy atom. The molecule has 1 rings (SSSR count). The van der Waals surface area contributed by atoms with Crippen LogP contribution in [0.15, 0.2) is 24.3 Å². The van der Waals surface area contributed by atoms with Gasteiger partial charge in [0.1, 0.15) is 18.5 Å². The fraction of sp³-hybridized carbons (Fsp3) is 0.538. The van der Waals surface area contributed by atoms with Gasteiger partial charge in [0, 0.05) is 6.54 Å². The average Bonchev–Trinajstić information content (AvgIpc) is 2.27. The van der Waals surface area contributed by atoms with Crippen LogP contribution in [0.3, 0.4) is 0 Å². The maximum absolute atomic E-state index is 12.7. The third-order valence-corrected chi connectivity index (χ3v) is 1.68. The normalized spacial score (nSPS) is 11.3. The lowest BCUT2D eigenvalue weighted by Crippen LogP contribution is -2.22. The third-order valence-electron chi connectivity index (χ3n) is 1.68. The Morgan fingerprint density at radius 3 is 2.50 bits per heavy atom. The van der Waals surface area contributed by atoms with Crippen LogP contribution >= 0.6 is 0 Å². The lowest BCUT2D eigenvalue weighted by molar-refractivity contribution is 0.201. The smallest absolute Gasteiger partial charge is 0.146 e. The first-order valence-electron chi connectivity index (χ1n) is 5.67. The summed E-state index contributed by atoms with van der Waals surface area (Å²) in [7, 11) is 0.